The van der Waals surface area contributed by atoms with Crippen LogP contribution in [0.25, 0.3) is 0 Å². The summed E-state index contributed by atoms with van der Waals surface area (Å²) in [6, 6.07) is 1.54. The summed E-state index contributed by atoms with van der Waals surface area (Å²) in [7, 11) is 0.950. The normalized spacial score (nSPS) is 11.7. The molecular formula is C12H13Cl2FO4S. The van der Waals surface area contributed by atoms with Crippen LogP contribution in [0, 0.1) is 11.7 Å². The largest absolute Gasteiger partial charge is 0.462 e. The Kier molecular flexibility index (Phi) is 5.79. The van der Waals surface area contributed by atoms with Gasteiger partial charge in [0.25, 0.3) is 9.05 Å². The molecule has 0 fully saturated rings. The number of hydrogen-bond donors (Lipinski definition) is 0. The summed E-state index contributed by atoms with van der Waals surface area (Å²) in [5.41, 5.74) is -0.366. The Labute approximate surface area is 126 Å². The molecule has 0 aliphatic heterocycles. The molecule has 4 nitrogen and oxygen atoms in total. The lowest BCUT2D eigenvalue weighted by Crippen LogP contribution is -2.10. The summed E-state index contributed by atoms with van der Waals surface area (Å²) in [6.07, 6.45) is 0.624. The topological polar surface area (TPSA) is 60.4 Å². The van der Waals surface area contributed by atoms with Crippen molar-refractivity contribution in [2.24, 2.45) is 5.92 Å². The molecule has 0 amide bonds. The summed E-state index contributed by atoms with van der Waals surface area (Å²) in [4.78, 5) is 11.2. The summed E-state index contributed by atoms with van der Waals surface area (Å²) < 4.78 is 40.8. The van der Waals surface area contributed by atoms with Gasteiger partial charge in [-0.3, -0.25) is 0 Å². The van der Waals surface area contributed by atoms with E-state index in [-0.39, 0.29) is 12.2 Å². The molecule has 0 atom stereocenters. The maximum absolute atomic E-state index is 13.5. The van der Waals surface area contributed by atoms with E-state index in [0.717, 1.165) is 6.07 Å². The molecule has 0 bridgehead atoms. The zero-order valence-corrected chi connectivity index (χ0v) is 13.1. The predicted octanol–water partition coefficient (Wildman–Crippen LogP) is 3.61. The molecule has 0 saturated carbocycles. The Hall–Kier alpha value is -0.850. The van der Waals surface area contributed by atoms with Crippen LogP contribution in [0.3, 0.4) is 0 Å². The Balaban J connectivity index is 3.05. The van der Waals surface area contributed by atoms with Crippen molar-refractivity contribution >= 4 is 37.3 Å². The van der Waals surface area contributed by atoms with Gasteiger partial charge in [0.2, 0.25) is 0 Å². The lowest BCUT2D eigenvalue weighted by molar-refractivity contribution is 0.0487. The second-order valence-electron chi connectivity index (χ2n) is 4.52. The van der Waals surface area contributed by atoms with Crippen molar-refractivity contribution in [2.75, 3.05) is 6.61 Å². The Morgan fingerprint density at radius 2 is 2.00 bits per heavy atom. The maximum Gasteiger partial charge on any atom is 0.339 e. The predicted molar refractivity (Wildman–Crippen MR) is 74.2 cm³/mol. The summed E-state index contributed by atoms with van der Waals surface area (Å²) in [5.74, 6) is -1.62. The molecule has 1 aromatic rings. The molecule has 0 aliphatic carbocycles. The number of benzene rings is 1. The summed E-state index contributed by atoms with van der Waals surface area (Å²) in [5, 5.41) is -0.497. The first-order chi connectivity index (χ1) is 9.12. The monoisotopic (exact) mass is 342 g/mol. The third kappa shape index (κ3) is 4.61. The average molecular weight is 343 g/mol. The quantitative estimate of drug-likeness (QED) is 0.605. The van der Waals surface area contributed by atoms with Crippen LogP contribution >= 0.6 is 22.3 Å². The van der Waals surface area contributed by atoms with E-state index in [9.17, 15) is 17.6 Å². The zero-order chi connectivity index (χ0) is 15.5. The molecule has 8 heteroatoms. The minimum Gasteiger partial charge on any atom is -0.462 e. The Morgan fingerprint density at radius 1 is 1.40 bits per heavy atom. The molecule has 20 heavy (non-hydrogen) atoms. The number of carbonyl (C=O) groups is 1. The van der Waals surface area contributed by atoms with Crippen LogP contribution in [0.2, 0.25) is 5.02 Å². The first-order valence-corrected chi connectivity index (χ1v) is 8.42. The molecule has 0 spiro atoms. The van der Waals surface area contributed by atoms with Gasteiger partial charge in [-0.25, -0.2) is 17.6 Å². The van der Waals surface area contributed by atoms with E-state index in [2.05, 4.69) is 0 Å². The molecule has 0 N–H and O–H groups in total. The number of ether oxygens (including phenoxy) is 1. The first kappa shape index (κ1) is 17.2. The van der Waals surface area contributed by atoms with Gasteiger partial charge in [0.1, 0.15) is 5.82 Å². The lowest BCUT2D eigenvalue weighted by Gasteiger charge is -2.09. The molecule has 1 aromatic carbocycles. The van der Waals surface area contributed by atoms with E-state index in [4.69, 9.17) is 27.0 Å². The zero-order valence-electron chi connectivity index (χ0n) is 10.8. The average Bonchev–Trinajstić information content (AvgIpc) is 2.30. The lowest BCUT2D eigenvalue weighted by atomic mass is 10.1. The molecule has 0 radical (unpaired) electrons. The van der Waals surface area contributed by atoms with E-state index in [1.54, 1.807) is 0 Å². The maximum atomic E-state index is 13.5. The number of carbonyl (C=O) groups excluding carboxylic acids is 1. The molecule has 0 aromatic heterocycles. The van der Waals surface area contributed by atoms with Gasteiger partial charge < -0.3 is 4.74 Å². The number of hydrogen-bond acceptors (Lipinski definition) is 4. The van der Waals surface area contributed by atoms with E-state index in [1.165, 1.54) is 0 Å². The van der Waals surface area contributed by atoms with E-state index < -0.39 is 30.8 Å². The minimum absolute atomic E-state index is 0.131. The van der Waals surface area contributed by atoms with Gasteiger partial charge in [-0.05, 0) is 24.5 Å². The second kappa shape index (κ2) is 6.74. The van der Waals surface area contributed by atoms with E-state index >= 15 is 0 Å². The minimum atomic E-state index is -4.17. The fraction of sp³-hybridized carbons (Fsp3) is 0.417. The number of rotatable bonds is 5. The summed E-state index contributed by atoms with van der Waals surface area (Å²) in [6.45, 7) is 4.02. The molecule has 0 saturated heterocycles. The van der Waals surface area contributed by atoms with Crippen molar-refractivity contribution in [3.63, 3.8) is 0 Å². The van der Waals surface area contributed by atoms with Crippen molar-refractivity contribution in [1.82, 2.24) is 0 Å². The van der Waals surface area contributed by atoms with Crippen molar-refractivity contribution in [2.45, 2.75) is 25.2 Å². The van der Waals surface area contributed by atoms with E-state index in [1.807, 2.05) is 13.8 Å². The van der Waals surface area contributed by atoms with Crippen molar-refractivity contribution in [1.29, 1.82) is 0 Å². The fourth-order valence-electron chi connectivity index (χ4n) is 1.32. The molecule has 112 valence electrons. The molecule has 1 rings (SSSR count). The number of halogens is 3. The molecule has 0 aliphatic rings. The summed E-state index contributed by atoms with van der Waals surface area (Å²) >= 11 is 5.64. The second-order valence-corrected chi connectivity index (χ2v) is 7.47. The van der Waals surface area contributed by atoms with Gasteiger partial charge in [0.05, 0.1) is 22.1 Å². The first-order valence-electron chi connectivity index (χ1n) is 5.73. The molecular weight excluding hydrogens is 330 g/mol. The van der Waals surface area contributed by atoms with E-state index in [0.29, 0.717) is 18.4 Å². The van der Waals surface area contributed by atoms with Crippen LogP contribution in [0.4, 0.5) is 4.39 Å². The van der Waals surface area contributed by atoms with Gasteiger partial charge >= 0.3 is 5.97 Å². The van der Waals surface area contributed by atoms with Crippen molar-refractivity contribution < 1.29 is 22.3 Å². The highest BCUT2D eigenvalue weighted by molar-refractivity contribution is 8.13. The highest BCUT2D eigenvalue weighted by Gasteiger charge is 2.21. The van der Waals surface area contributed by atoms with Crippen LogP contribution < -0.4 is 0 Å². The SMILES string of the molecule is CC(C)CCOC(=O)c1cc(S(=O)(=O)Cl)cc(F)c1Cl. The highest BCUT2D eigenvalue weighted by Crippen LogP contribution is 2.27. The van der Waals surface area contributed by atoms with Crippen LogP contribution in [-0.2, 0) is 13.8 Å². The van der Waals surface area contributed by atoms with Crippen LogP contribution in [0.5, 0.6) is 0 Å². The highest BCUT2D eigenvalue weighted by atomic mass is 35.7. The van der Waals surface area contributed by atoms with Crippen molar-refractivity contribution in [3.8, 4) is 0 Å². The van der Waals surface area contributed by atoms with Gasteiger partial charge in [-0.1, -0.05) is 25.4 Å². The van der Waals surface area contributed by atoms with Crippen LogP contribution in [-0.4, -0.2) is 21.0 Å². The standard InChI is InChI=1S/C12H13Cl2FO4S/c1-7(2)3-4-19-12(16)9-5-8(20(14,17)18)6-10(15)11(9)13/h5-7H,3-4H2,1-2H3. The third-order valence-corrected chi connectivity index (χ3v) is 4.15. The van der Waals surface area contributed by atoms with Crippen LogP contribution in [0.15, 0.2) is 17.0 Å². The van der Waals surface area contributed by atoms with Crippen molar-refractivity contribution in [3.05, 3.63) is 28.5 Å². The smallest absolute Gasteiger partial charge is 0.339 e. The third-order valence-electron chi connectivity index (χ3n) is 2.43. The number of esters is 1. The fourth-order valence-corrected chi connectivity index (χ4v) is 2.27. The molecule has 0 heterocycles. The Morgan fingerprint density at radius 3 is 2.50 bits per heavy atom. The molecule has 0 unspecified atom stereocenters. The van der Waals surface area contributed by atoms with Gasteiger partial charge in [0.15, 0.2) is 0 Å². The van der Waals surface area contributed by atoms with Gasteiger partial charge in [0, 0.05) is 10.7 Å². The van der Waals surface area contributed by atoms with Gasteiger partial charge in [-0.2, -0.15) is 0 Å². The van der Waals surface area contributed by atoms with Gasteiger partial charge in [-0.15, -0.1) is 0 Å². The van der Waals surface area contributed by atoms with Crippen LogP contribution in [0.1, 0.15) is 30.6 Å². The Bertz CT molecular complexity index is 614.